The van der Waals surface area contributed by atoms with Gasteiger partial charge in [-0.2, -0.15) is 5.10 Å². The van der Waals surface area contributed by atoms with E-state index in [2.05, 4.69) is 15.7 Å². The predicted molar refractivity (Wildman–Crippen MR) is 106 cm³/mol. The molecular formula is C19H22N4O5S. The molecule has 2 aliphatic heterocycles. The molecule has 10 heteroatoms. The summed E-state index contributed by atoms with van der Waals surface area (Å²) in [6.07, 6.45) is 2.48. The van der Waals surface area contributed by atoms with Gasteiger partial charge in [-0.1, -0.05) is 12.1 Å². The summed E-state index contributed by atoms with van der Waals surface area (Å²) >= 11 is 0. The summed E-state index contributed by atoms with van der Waals surface area (Å²) in [5, 5.41) is 10.9. The minimum absolute atomic E-state index is 0.0159. The predicted octanol–water partition coefficient (Wildman–Crippen LogP) is 0.683. The largest absolute Gasteiger partial charge is 0.349 e. The highest BCUT2D eigenvalue weighted by atomic mass is 32.2. The number of hydrogen-bond acceptors (Lipinski definition) is 6. The molecule has 2 N–H and O–H groups in total. The Kier molecular flexibility index (Phi) is 5.12. The molecule has 3 aliphatic rings. The van der Waals surface area contributed by atoms with Crippen molar-refractivity contribution in [2.75, 3.05) is 16.8 Å². The van der Waals surface area contributed by atoms with E-state index in [1.165, 1.54) is 0 Å². The zero-order valence-electron chi connectivity index (χ0n) is 15.8. The number of amides is 3. The van der Waals surface area contributed by atoms with Crippen molar-refractivity contribution in [1.82, 2.24) is 10.3 Å². The molecule has 1 aromatic rings. The number of benzene rings is 1. The number of sulfone groups is 1. The van der Waals surface area contributed by atoms with Crippen LogP contribution in [-0.4, -0.2) is 60.4 Å². The third-order valence-corrected chi connectivity index (χ3v) is 6.96. The van der Waals surface area contributed by atoms with Gasteiger partial charge in [-0.25, -0.2) is 13.4 Å². The lowest BCUT2D eigenvalue weighted by atomic mass is 10.1. The maximum atomic E-state index is 12.7. The van der Waals surface area contributed by atoms with Gasteiger partial charge in [0.2, 0.25) is 5.91 Å². The van der Waals surface area contributed by atoms with Crippen molar-refractivity contribution in [1.29, 1.82) is 0 Å². The van der Waals surface area contributed by atoms with Crippen molar-refractivity contribution >= 4 is 39.0 Å². The Morgan fingerprint density at radius 1 is 1.07 bits per heavy atom. The third kappa shape index (κ3) is 4.47. The van der Waals surface area contributed by atoms with Crippen LogP contribution in [-0.2, 0) is 19.4 Å². The topological polar surface area (TPSA) is 125 Å². The summed E-state index contributed by atoms with van der Waals surface area (Å²) < 4.78 is 23.5. The summed E-state index contributed by atoms with van der Waals surface area (Å²) in [6.45, 7) is 0. The van der Waals surface area contributed by atoms with Crippen LogP contribution in [0.5, 0.6) is 0 Å². The van der Waals surface area contributed by atoms with Gasteiger partial charge in [-0.05, 0) is 31.4 Å². The van der Waals surface area contributed by atoms with Crippen LogP contribution in [0.25, 0.3) is 0 Å². The smallest absolute Gasteiger partial charge is 0.271 e. The number of para-hydroxylation sites is 1. The first-order chi connectivity index (χ1) is 13.8. The van der Waals surface area contributed by atoms with Gasteiger partial charge in [0.05, 0.1) is 28.8 Å². The van der Waals surface area contributed by atoms with E-state index in [9.17, 15) is 22.8 Å². The number of nitrogens with one attached hydrogen (secondary N) is 2. The van der Waals surface area contributed by atoms with Crippen LogP contribution in [0.4, 0.5) is 5.69 Å². The molecule has 0 spiro atoms. The summed E-state index contributed by atoms with van der Waals surface area (Å²) in [7, 11) is -3.18. The summed E-state index contributed by atoms with van der Waals surface area (Å²) in [4.78, 5) is 37.4. The fourth-order valence-corrected chi connectivity index (χ4v) is 5.16. The standard InChI is InChI=1S/C19H22N4O5S/c24-17-8-7-16(22-23(17)13-9-10-29(27,28)11-13)19(26)21-15-4-2-1-3-14(15)18(25)20-12-5-6-12/h1-4,12-13H,5-11H2,(H,20,25)(H,21,26)/t13-/m0/s1. The van der Waals surface area contributed by atoms with E-state index in [0.717, 1.165) is 17.9 Å². The Bertz CT molecular complexity index is 1000. The summed E-state index contributed by atoms with van der Waals surface area (Å²) in [5.74, 6) is -1.16. The van der Waals surface area contributed by atoms with Crippen molar-refractivity contribution < 1.29 is 22.8 Å². The van der Waals surface area contributed by atoms with Crippen LogP contribution in [0, 0.1) is 0 Å². The Morgan fingerprint density at radius 2 is 1.83 bits per heavy atom. The van der Waals surface area contributed by atoms with Crippen LogP contribution in [0.2, 0.25) is 0 Å². The monoisotopic (exact) mass is 418 g/mol. The summed E-state index contributed by atoms with van der Waals surface area (Å²) in [6, 6.07) is 6.36. The first kappa shape index (κ1) is 19.6. The third-order valence-electron chi connectivity index (χ3n) is 5.21. The van der Waals surface area contributed by atoms with E-state index < -0.39 is 21.8 Å². The van der Waals surface area contributed by atoms with Crippen LogP contribution in [0.1, 0.15) is 42.5 Å². The van der Waals surface area contributed by atoms with Crippen LogP contribution in [0.3, 0.4) is 0 Å². The molecule has 4 rings (SSSR count). The van der Waals surface area contributed by atoms with Crippen molar-refractivity contribution in [3.8, 4) is 0 Å². The molecule has 0 aromatic heterocycles. The van der Waals surface area contributed by atoms with E-state index in [-0.39, 0.29) is 47.9 Å². The van der Waals surface area contributed by atoms with Crippen molar-refractivity contribution in [2.24, 2.45) is 5.10 Å². The minimum atomic E-state index is -3.18. The molecule has 1 saturated heterocycles. The molecule has 29 heavy (non-hydrogen) atoms. The second-order valence-electron chi connectivity index (χ2n) is 7.59. The maximum Gasteiger partial charge on any atom is 0.271 e. The van der Waals surface area contributed by atoms with Crippen molar-refractivity contribution in [3.05, 3.63) is 29.8 Å². The second kappa shape index (κ2) is 7.58. The Labute approximate surface area is 168 Å². The zero-order valence-corrected chi connectivity index (χ0v) is 16.6. The van der Waals surface area contributed by atoms with E-state index >= 15 is 0 Å². The molecular weight excluding hydrogens is 396 g/mol. The lowest BCUT2D eigenvalue weighted by Crippen LogP contribution is -2.42. The first-order valence-electron chi connectivity index (χ1n) is 9.63. The van der Waals surface area contributed by atoms with Crippen molar-refractivity contribution in [3.63, 3.8) is 0 Å². The molecule has 1 saturated carbocycles. The Morgan fingerprint density at radius 3 is 2.52 bits per heavy atom. The number of carbonyl (C=O) groups is 3. The van der Waals surface area contributed by atoms with E-state index in [1.54, 1.807) is 24.3 Å². The van der Waals surface area contributed by atoms with Crippen LogP contribution >= 0.6 is 0 Å². The maximum absolute atomic E-state index is 12.7. The van der Waals surface area contributed by atoms with Gasteiger partial charge in [-0.15, -0.1) is 0 Å². The molecule has 1 aliphatic carbocycles. The SMILES string of the molecule is O=C(Nc1ccccc1C(=O)NC1CC1)C1=NN([C@H]2CCS(=O)(=O)C2)C(=O)CC1. The highest BCUT2D eigenvalue weighted by molar-refractivity contribution is 7.91. The highest BCUT2D eigenvalue weighted by Crippen LogP contribution is 2.24. The second-order valence-corrected chi connectivity index (χ2v) is 9.82. The normalized spacial score (nSPS) is 23.4. The average molecular weight is 418 g/mol. The number of anilines is 1. The molecule has 1 atom stereocenters. The molecule has 2 fully saturated rings. The lowest BCUT2D eigenvalue weighted by molar-refractivity contribution is -0.133. The van der Waals surface area contributed by atoms with Gasteiger partial charge >= 0.3 is 0 Å². The Hall–Kier alpha value is -2.75. The van der Waals surface area contributed by atoms with E-state index in [1.807, 2.05) is 0 Å². The number of rotatable bonds is 5. The van der Waals surface area contributed by atoms with Gasteiger partial charge in [0.1, 0.15) is 5.71 Å². The Balaban J connectivity index is 1.50. The van der Waals surface area contributed by atoms with Crippen LogP contribution in [0.15, 0.2) is 29.4 Å². The van der Waals surface area contributed by atoms with Crippen LogP contribution < -0.4 is 10.6 Å². The van der Waals surface area contributed by atoms with Crippen molar-refractivity contribution in [2.45, 2.75) is 44.2 Å². The highest BCUT2D eigenvalue weighted by Gasteiger charge is 2.37. The first-order valence-corrected chi connectivity index (χ1v) is 11.5. The van der Waals surface area contributed by atoms with Gasteiger partial charge in [0.15, 0.2) is 9.84 Å². The number of hydrazone groups is 1. The lowest BCUT2D eigenvalue weighted by Gasteiger charge is -2.27. The molecule has 1 aromatic carbocycles. The van der Waals surface area contributed by atoms with Gasteiger partial charge < -0.3 is 10.6 Å². The molecule has 0 unspecified atom stereocenters. The molecule has 9 nitrogen and oxygen atoms in total. The fourth-order valence-electron chi connectivity index (χ4n) is 3.46. The number of hydrogen-bond donors (Lipinski definition) is 2. The minimum Gasteiger partial charge on any atom is -0.349 e. The molecule has 0 bridgehead atoms. The molecule has 0 radical (unpaired) electrons. The van der Waals surface area contributed by atoms with E-state index in [4.69, 9.17) is 0 Å². The summed E-state index contributed by atoms with van der Waals surface area (Å²) in [5.41, 5.74) is 0.871. The van der Waals surface area contributed by atoms with Gasteiger partial charge in [-0.3, -0.25) is 14.4 Å². The average Bonchev–Trinajstić information content (AvgIpc) is 3.42. The number of nitrogens with zero attached hydrogens (tertiary/aromatic N) is 2. The molecule has 3 amide bonds. The quantitative estimate of drug-likeness (QED) is 0.728. The molecule has 154 valence electrons. The van der Waals surface area contributed by atoms with Gasteiger partial charge in [0.25, 0.3) is 11.8 Å². The van der Waals surface area contributed by atoms with Gasteiger partial charge in [0, 0.05) is 18.9 Å². The van der Waals surface area contributed by atoms with E-state index in [0.29, 0.717) is 17.7 Å². The number of carbonyl (C=O) groups excluding carboxylic acids is 3. The fraction of sp³-hybridized carbons (Fsp3) is 0.474. The molecule has 2 heterocycles. The zero-order chi connectivity index (χ0) is 20.6.